The number of para-hydroxylation sites is 1. The molecule has 3 heteroatoms. The first-order chi connectivity index (χ1) is 9.69. The van der Waals surface area contributed by atoms with Crippen LogP contribution < -0.4 is 5.32 Å². The van der Waals surface area contributed by atoms with E-state index in [0.717, 1.165) is 11.1 Å². The number of nitrogens with one attached hydrogen (secondary N) is 1. The summed E-state index contributed by atoms with van der Waals surface area (Å²) in [4.78, 5) is 12.0. The topological polar surface area (TPSA) is 52.9 Å². The number of nitrogens with zero attached hydrogens (tertiary/aromatic N) is 1. The van der Waals surface area contributed by atoms with Gasteiger partial charge in [-0.3, -0.25) is 4.79 Å². The van der Waals surface area contributed by atoms with E-state index in [-0.39, 0.29) is 5.57 Å². The van der Waals surface area contributed by atoms with E-state index < -0.39 is 5.91 Å². The van der Waals surface area contributed by atoms with E-state index in [0.29, 0.717) is 5.69 Å². The standard InChI is InChI=1S/C17H14N2O/c1-13-7-9-14(10-8-13)11-15(12-18)17(20)19-16-5-3-2-4-6-16/h2-11H,1H3,(H,19,20)/b15-11-. The van der Waals surface area contributed by atoms with E-state index in [1.54, 1.807) is 18.2 Å². The number of aryl methyl sites for hydroxylation is 1. The van der Waals surface area contributed by atoms with Gasteiger partial charge in [0.2, 0.25) is 0 Å². The highest BCUT2D eigenvalue weighted by molar-refractivity contribution is 6.09. The number of rotatable bonds is 3. The summed E-state index contributed by atoms with van der Waals surface area (Å²) in [5.74, 6) is -0.403. The van der Waals surface area contributed by atoms with Crippen LogP contribution in [0.15, 0.2) is 60.2 Å². The summed E-state index contributed by atoms with van der Waals surface area (Å²) in [5.41, 5.74) is 2.71. The van der Waals surface area contributed by atoms with Gasteiger partial charge in [0.1, 0.15) is 11.6 Å². The fourth-order valence-electron chi connectivity index (χ4n) is 1.70. The van der Waals surface area contributed by atoms with Gasteiger partial charge in [-0.1, -0.05) is 48.0 Å². The van der Waals surface area contributed by atoms with Gasteiger partial charge in [-0.15, -0.1) is 0 Å². The molecule has 2 rings (SSSR count). The van der Waals surface area contributed by atoms with Crippen molar-refractivity contribution in [3.05, 3.63) is 71.3 Å². The third-order valence-corrected chi connectivity index (χ3v) is 2.79. The van der Waals surface area contributed by atoms with Crippen molar-refractivity contribution < 1.29 is 4.79 Å². The molecule has 0 saturated heterocycles. The lowest BCUT2D eigenvalue weighted by atomic mass is 10.1. The second kappa shape index (κ2) is 6.35. The molecular weight excluding hydrogens is 248 g/mol. The van der Waals surface area contributed by atoms with Gasteiger partial charge < -0.3 is 5.32 Å². The van der Waals surface area contributed by atoms with Crippen molar-refractivity contribution in [3.63, 3.8) is 0 Å². The summed E-state index contributed by atoms with van der Waals surface area (Å²) in [7, 11) is 0. The van der Waals surface area contributed by atoms with Crippen molar-refractivity contribution >= 4 is 17.7 Å². The minimum absolute atomic E-state index is 0.0812. The molecule has 0 bridgehead atoms. The van der Waals surface area contributed by atoms with Gasteiger partial charge in [0.15, 0.2) is 0 Å². The molecule has 98 valence electrons. The Morgan fingerprint density at radius 1 is 1.10 bits per heavy atom. The maximum atomic E-state index is 12.0. The molecule has 3 nitrogen and oxygen atoms in total. The second-order valence-corrected chi connectivity index (χ2v) is 4.40. The molecule has 20 heavy (non-hydrogen) atoms. The normalized spacial score (nSPS) is 10.7. The number of amides is 1. The highest BCUT2D eigenvalue weighted by atomic mass is 16.1. The number of benzene rings is 2. The van der Waals surface area contributed by atoms with E-state index in [9.17, 15) is 4.79 Å². The van der Waals surface area contributed by atoms with Crippen LogP contribution in [0.5, 0.6) is 0 Å². The van der Waals surface area contributed by atoms with E-state index in [1.807, 2.05) is 55.5 Å². The zero-order valence-corrected chi connectivity index (χ0v) is 11.1. The van der Waals surface area contributed by atoms with E-state index >= 15 is 0 Å². The Morgan fingerprint density at radius 2 is 1.75 bits per heavy atom. The Kier molecular flexibility index (Phi) is 4.31. The minimum Gasteiger partial charge on any atom is -0.321 e. The van der Waals surface area contributed by atoms with Crippen LogP contribution in [-0.4, -0.2) is 5.91 Å². The summed E-state index contributed by atoms with van der Waals surface area (Å²) in [5, 5.41) is 11.8. The first kappa shape index (κ1) is 13.6. The zero-order valence-electron chi connectivity index (χ0n) is 11.1. The highest BCUT2D eigenvalue weighted by Gasteiger charge is 2.08. The van der Waals surface area contributed by atoms with Gasteiger partial charge in [0.05, 0.1) is 0 Å². The van der Waals surface area contributed by atoms with Crippen LogP contribution in [0.1, 0.15) is 11.1 Å². The van der Waals surface area contributed by atoms with Crippen LogP contribution in [-0.2, 0) is 4.79 Å². The molecule has 0 saturated carbocycles. The van der Waals surface area contributed by atoms with Gasteiger partial charge >= 0.3 is 0 Å². The number of carbonyl (C=O) groups excluding carboxylic acids is 1. The smallest absolute Gasteiger partial charge is 0.266 e. The average Bonchev–Trinajstić information content (AvgIpc) is 2.47. The first-order valence-corrected chi connectivity index (χ1v) is 6.24. The predicted octanol–water partition coefficient (Wildman–Crippen LogP) is 3.54. The molecule has 0 atom stereocenters. The molecule has 2 aromatic carbocycles. The monoisotopic (exact) mass is 262 g/mol. The van der Waals surface area contributed by atoms with E-state index in [4.69, 9.17) is 5.26 Å². The zero-order chi connectivity index (χ0) is 14.4. The first-order valence-electron chi connectivity index (χ1n) is 6.24. The molecule has 0 spiro atoms. The van der Waals surface area contributed by atoms with Gasteiger partial charge in [0.25, 0.3) is 5.91 Å². The molecule has 0 unspecified atom stereocenters. The predicted molar refractivity (Wildman–Crippen MR) is 79.8 cm³/mol. The van der Waals surface area contributed by atoms with E-state index in [1.165, 1.54) is 0 Å². The molecule has 2 aromatic rings. The maximum absolute atomic E-state index is 12.0. The van der Waals surface area contributed by atoms with Crippen molar-refractivity contribution in [1.29, 1.82) is 5.26 Å². The maximum Gasteiger partial charge on any atom is 0.266 e. The van der Waals surface area contributed by atoms with Crippen LogP contribution in [0.4, 0.5) is 5.69 Å². The fourth-order valence-corrected chi connectivity index (χ4v) is 1.70. The Bertz CT molecular complexity index is 664. The molecule has 0 aliphatic rings. The molecular formula is C17H14N2O. The largest absolute Gasteiger partial charge is 0.321 e. The number of anilines is 1. The Morgan fingerprint density at radius 3 is 2.35 bits per heavy atom. The number of hydrogen-bond donors (Lipinski definition) is 1. The van der Waals surface area contributed by atoms with Crippen molar-refractivity contribution in [2.45, 2.75) is 6.92 Å². The van der Waals surface area contributed by atoms with Crippen LogP contribution in [0, 0.1) is 18.3 Å². The third kappa shape index (κ3) is 3.56. The Balaban J connectivity index is 2.18. The number of carbonyl (C=O) groups is 1. The molecule has 1 N–H and O–H groups in total. The van der Waals surface area contributed by atoms with Crippen LogP contribution in [0.2, 0.25) is 0 Å². The van der Waals surface area contributed by atoms with Gasteiger partial charge in [-0.05, 0) is 30.7 Å². The van der Waals surface area contributed by atoms with Gasteiger partial charge in [-0.2, -0.15) is 5.26 Å². The third-order valence-electron chi connectivity index (χ3n) is 2.79. The molecule has 0 fully saturated rings. The lowest BCUT2D eigenvalue weighted by Crippen LogP contribution is -2.13. The minimum atomic E-state index is -0.403. The van der Waals surface area contributed by atoms with Crippen molar-refractivity contribution in [1.82, 2.24) is 0 Å². The second-order valence-electron chi connectivity index (χ2n) is 4.40. The Labute approximate surface area is 118 Å². The molecule has 0 aromatic heterocycles. The van der Waals surface area contributed by atoms with Crippen molar-refractivity contribution in [3.8, 4) is 6.07 Å². The SMILES string of the molecule is Cc1ccc(/C=C(/C#N)C(=O)Nc2ccccc2)cc1. The average molecular weight is 262 g/mol. The summed E-state index contributed by atoms with van der Waals surface area (Å²) in [6, 6.07) is 18.6. The molecule has 1 amide bonds. The van der Waals surface area contributed by atoms with Gasteiger partial charge in [0, 0.05) is 5.69 Å². The van der Waals surface area contributed by atoms with Crippen LogP contribution >= 0.6 is 0 Å². The van der Waals surface area contributed by atoms with Crippen molar-refractivity contribution in [2.24, 2.45) is 0 Å². The summed E-state index contributed by atoms with van der Waals surface area (Å²) in [6.07, 6.45) is 1.58. The number of hydrogen-bond acceptors (Lipinski definition) is 2. The summed E-state index contributed by atoms with van der Waals surface area (Å²) in [6.45, 7) is 1.99. The van der Waals surface area contributed by atoms with E-state index in [2.05, 4.69) is 5.32 Å². The molecule has 0 aliphatic heterocycles. The lowest BCUT2D eigenvalue weighted by molar-refractivity contribution is -0.112. The summed E-state index contributed by atoms with van der Waals surface area (Å²) >= 11 is 0. The number of nitriles is 1. The Hall–Kier alpha value is -2.86. The van der Waals surface area contributed by atoms with Crippen LogP contribution in [0.25, 0.3) is 6.08 Å². The van der Waals surface area contributed by atoms with Gasteiger partial charge in [-0.25, -0.2) is 0 Å². The van der Waals surface area contributed by atoms with Crippen molar-refractivity contribution in [2.75, 3.05) is 5.32 Å². The van der Waals surface area contributed by atoms with Crippen LogP contribution in [0.3, 0.4) is 0 Å². The molecule has 0 heterocycles. The molecule has 0 aliphatic carbocycles. The molecule has 0 radical (unpaired) electrons. The fraction of sp³-hybridized carbons (Fsp3) is 0.0588. The quantitative estimate of drug-likeness (QED) is 0.679. The summed E-state index contributed by atoms with van der Waals surface area (Å²) < 4.78 is 0. The lowest BCUT2D eigenvalue weighted by Gasteiger charge is -2.03. The highest BCUT2D eigenvalue weighted by Crippen LogP contribution is 2.11.